The third-order valence-electron chi connectivity index (χ3n) is 10.7. The van der Waals surface area contributed by atoms with E-state index in [9.17, 15) is 10.2 Å². The van der Waals surface area contributed by atoms with Crippen LogP contribution in [0.5, 0.6) is 11.5 Å². The van der Waals surface area contributed by atoms with Crippen LogP contribution in [0, 0.1) is 0 Å². The molecule has 0 aliphatic carbocycles. The minimum Gasteiger partial charge on any atom is -0.504 e. The summed E-state index contributed by atoms with van der Waals surface area (Å²) in [5.41, 5.74) is 11.0. The number of hydrogen-bond acceptors (Lipinski definition) is 4. The van der Waals surface area contributed by atoms with Crippen LogP contribution >= 0.6 is 15.9 Å². The molecule has 0 saturated carbocycles. The zero-order chi connectivity index (χ0) is 41.7. The monoisotopic (exact) mass is 902 g/mol. The van der Waals surface area contributed by atoms with Crippen molar-refractivity contribution < 1.29 is 26.7 Å². The van der Waals surface area contributed by atoms with Gasteiger partial charge in [-0.2, -0.15) is 0 Å². The van der Waals surface area contributed by atoms with Crippen molar-refractivity contribution in [2.45, 2.75) is 209 Å². The first kappa shape index (κ1) is 53.6. The molecule has 328 valence electrons. The summed E-state index contributed by atoms with van der Waals surface area (Å²) in [5.74, 6) is 0.0379. The summed E-state index contributed by atoms with van der Waals surface area (Å²) in [6.07, 6.45) is 31.3. The normalized spacial score (nSPS) is 11.5. The Balaban J connectivity index is 0.000000781. The number of benzene rings is 3. The molecule has 0 aliphatic heterocycles. The van der Waals surface area contributed by atoms with Gasteiger partial charge in [0, 0.05) is 32.7 Å². The van der Waals surface area contributed by atoms with Crippen LogP contribution < -0.4 is 0 Å². The number of rotatable bonds is 28. The second-order valence-electron chi connectivity index (χ2n) is 16.2. The van der Waals surface area contributed by atoms with E-state index in [-0.39, 0.29) is 28.0 Å². The van der Waals surface area contributed by atoms with E-state index in [2.05, 4.69) is 107 Å². The maximum Gasteiger partial charge on any atom is 0.161 e. The zero-order valence-corrected chi connectivity index (χ0v) is 40.4. The molecule has 4 nitrogen and oxygen atoms in total. The van der Waals surface area contributed by atoms with E-state index in [0.29, 0.717) is 0 Å². The number of phenolic OH excluding ortho intramolecular Hbond substituents is 2. The average Bonchev–Trinajstić information content (AvgIpc) is 3.20. The molecule has 2 N–H and O–H groups in total. The summed E-state index contributed by atoms with van der Waals surface area (Å²) in [7, 11) is 0. The van der Waals surface area contributed by atoms with E-state index >= 15 is 0 Å². The van der Waals surface area contributed by atoms with Crippen molar-refractivity contribution in [2.24, 2.45) is 9.98 Å². The van der Waals surface area contributed by atoms with Crippen LogP contribution in [0.2, 0.25) is 0 Å². The first-order valence-electron chi connectivity index (χ1n) is 23.3. The number of phenols is 2. The van der Waals surface area contributed by atoms with Gasteiger partial charge >= 0.3 is 0 Å². The number of aliphatic imine (C=N–C) groups is 2. The predicted octanol–water partition coefficient (Wildman–Crippen LogP) is 16.8. The molecule has 0 amide bonds. The Labute approximate surface area is 374 Å². The molecule has 58 heavy (non-hydrogen) atoms. The standard InChI is InChI=1S/C38H60N2.C14H21BrO2.Ni/c1-6-11-16-20-32-25-33(21-17-12-7-2)28-37(27-32)39-31-36(24-15-10-5)40-38-29-34(22-18-13-8-3)26-35(30-38)23-19-14-9-4;1-3-5-7-10-9-12(16)14(17)11(13(10)15)8-6-4-2;/h25-31H,6-24H2,1-5H3;9,16-17H,3-8H2,1-2H3;. The van der Waals surface area contributed by atoms with Gasteiger partial charge in [0.2, 0.25) is 0 Å². The first-order chi connectivity index (χ1) is 27.7. The molecule has 0 spiro atoms. The van der Waals surface area contributed by atoms with Crippen molar-refractivity contribution in [3.63, 3.8) is 0 Å². The molecule has 0 heterocycles. The third kappa shape index (κ3) is 21.7. The smallest absolute Gasteiger partial charge is 0.161 e. The van der Waals surface area contributed by atoms with Crippen molar-refractivity contribution in [3.8, 4) is 11.5 Å². The fourth-order valence-corrected chi connectivity index (χ4v) is 7.92. The topological polar surface area (TPSA) is 65.2 Å². The zero-order valence-electron chi connectivity index (χ0n) is 37.8. The second kappa shape index (κ2) is 33.3. The minimum absolute atomic E-state index is 0. The molecule has 0 radical (unpaired) electrons. The summed E-state index contributed by atoms with van der Waals surface area (Å²) in [6, 6.07) is 15.8. The average molecular weight is 905 g/mol. The Kier molecular flexibility index (Phi) is 30.8. The number of unbranched alkanes of at least 4 members (excludes halogenated alkanes) is 11. The van der Waals surface area contributed by atoms with Gasteiger partial charge in [-0.3, -0.25) is 9.98 Å². The molecule has 0 saturated heterocycles. The summed E-state index contributed by atoms with van der Waals surface area (Å²) in [5, 5.41) is 19.6. The van der Waals surface area contributed by atoms with Crippen LogP contribution in [0.15, 0.2) is 56.9 Å². The largest absolute Gasteiger partial charge is 0.504 e. The fraction of sp³-hybridized carbons (Fsp3) is 0.615. The number of aryl methyl sites for hydroxylation is 5. The van der Waals surface area contributed by atoms with Crippen molar-refractivity contribution in [1.29, 1.82) is 0 Å². The Morgan fingerprint density at radius 3 is 1.34 bits per heavy atom. The SMILES string of the molecule is CCCCCc1cc(CCCCC)cc(N=CC(CCCC)=Nc2cc(CCCCC)cc(CCCCC)c2)c1.CCCCc1cc(O)c(O)c(CCCC)c1Br.[Ni]. The van der Waals surface area contributed by atoms with Crippen molar-refractivity contribution in [3.05, 3.63) is 80.3 Å². The molecule has 3 rings (SSSR count). The molecule has 0 fully saturated rings. The van der Waals surface area contributed by atoms with Gasteiger partial charge in [-0.15, -0.1) is 0 Å². The van der Waals surface area contributed by atoms with Gasteiger partial charge in [-0.25, -0.2) is 0 Å². The first-order valence-corrected chi connectivity index (χ1v) is 24.1. The fourth-order valence-electron chi connectivity index (χ4n) is 7.22. The number of hydrogen-bond donors (Lipinski definition) is 2. The van der Waals surface area contributed by atoms with E-state index in [1.54, 1.807) is 6.07 Å². The van der Waals surface area contributed by atoms with E-state index in [4.69, 9.17) is 9.98 Å². The quantitative estimate of drug-likeness (QED) is 0.0330. The Morgan fingerprint density at radius 1 is 0.500 bits per heavy atom. The Morgan fingerprint density at radius 2 is 0.914 bits per heavy atom. The summed E-state index contributed by atoms with van der Waals surface area (Å²) in [6.45, 7) is 15.7. The molecule has 0 aromatic heterocycles. The van der Waals surface area contributed by atoms with Crippen LogP contribution in [-0.4, -0.2) is 22.1 Å². The minimum atomic E-state index is 0. The van der Waals surface area contributed by atoms with Gasteiger partial charge in [0.1, 0.15) is 0 Å². The second-order valence-corrected chi connectivity index (χ2v) is 17.0. The number of nitrogens with zero attached hydrogens (tertiary/aromatic N) is 2. The van der Waals surface area contributed by atoms with Crippen LogP contribution in [0.4, 0.5) is 11.4 Å². The molecule has 3 aromatic carbocycles. The molecule has 3 aromatic rings. The third-order valence-corrected chi connectivity index (χ3v) is 11.7. The molecular formula is C52H81BrN2NiO2. The summed E-state index contributed by atoms with van der Waals surface area (Å²) in [4.78, 5) is 10.3. The van der Waals surface area contributed by atoms with Crippen molar-refractivity contribution in [2.75, 3.05) is 0 Å². The maximum atomic E-state index is 9.87. The molecule has 6 heteroatoms. The number of halogens is 1. The van der Waals surface area contributed by atoms with Gasteiger partial charge in [-0.1, -0.05) is 147 Å². The van der Waals surface area contributed by atoms with E-state index < -0.39 is 0 Å². The molecule has 0 bridgehead atoms. The molecule has 0 unspecified atom stereocenters. The van der Waals surface area contributed by atoms with Gasteiger partial charge in [-0.05, 0) is 148 Å². The van der Waals surface area contributed by atoms with Gasteiger partial charge < -0.3 is 10.2 Å². The number of aromatic hydroxyl groups is 2. The van der Waals surface area contributed by atoms with Crippen LogP contribution in [-0.2, 0) is 55.0 Å². The van der Waals surface area contributed by atoms with Crippen molar-refractivity contribution >= 4 is 39.2 Å². The predicted molar refractivity (Wildman–Crippen MR) is 255 cm³/mol. The molecule has 0 aliphatic rings. The Hall–Kier alpha value is -2.43. The summed E-state index contributed by atoms with van der Waals surface area (Å²) < 4.78 is 0.967. The van der Waals surface area contributed by atoms with Crippen LogP contribution in [0.1, 0.15) is 204 Å². The van der Waals surface area contributed by atoms with Crippen LogP contribution in [0.3, 0.4) is 0 Å². The van der Waals surface area contributed by atoms with Gasteiger partial charge in [0.05, 0.1) is 17.1 Å². The van der Waals surface area contributed by atoms with Gasteiger partial charge in [0.25, 0.3) is 0 Å². The van der Waals surface area contributed by atoms with E-state index in [1.807, 2.05) is 0 Å². The van der Waals surface area contributed by atoms with E-state index in [1.165, 1.54) is 106 Å². The Bertz CT molecular complexity index is 1540. The molecular weight excluding hydrogens is 823 g/mol. The van der Waals surface area contributed by atoms with Crippen molar-refractivity contribution in [1.82, 2.24) is 0 Å². The van der Waals surface area contributed by atoms with Gasteiger partial charge in [0.15, 0.2) is 11.5 Å². The maximum absolute atomic E-state index is 9.87. The van der Waals surface area contributed by atoms with E-state index in [0.717, 1.165) is 110 Å². The molecule has 0 atom stereocenters. The summed E-state index contributed by atoms with van der Waals surface area (Å²) >= 11 is 3.56. The van der Waals surface area contributed by atoms with Crippen LogP contribution in [0.25, 0.3) is 0 Å².